The molecule has 4 aliphatic rings. The second-order valence-corrected chi connectivity index (χ2v) is 8.11. The average Bonchev–Trinajstić information content (AvgIpc) is 2.97. The van der Waals surface area contributed by atoms with Gasteiger partial charge < -0.3 is 14.5 Å². The summed E-state index contributed by atoms with van der Waals surface area (Å²) in [4.78, 5) is 27.9. The quantitative estimate of drug-likeness (QED) is 0.827. The highest BCUT2D eigenvalue weighted by Gasteiger charge is 2.75. The molecule has 3 fully saturated rings. The largest absolute Gasteiger partial charge is 0.469 e. The van der Waals surface area contributed by atoms with Crippen LogP contribution in [0.1, 0.15) is 36.6 Å². The van der Waals surface area contributed by atoms with Crippen LogP contribution in [-0.4, -0.2) is 37.2 Å². The van der Waals surface area contributed by atoms with Crippen LogP contribution >= 0.6 is 0 Å². The number of hydrogen-bond acceptors (Lipinski definition) is 5. The topological polar surface area (TPSA) is 80.4 Å². The maximum Gasteiger partial charge on any atom is 0.323 e. The lowest BCUT2D eigenvalue weighted by Crippen LogP contribution is -2.70. The van der Waals surface area contributed by atoms with Crippen molar-refractivity contribution in [3.05, 3.63) is 35.5 Å². The van der Waals surface area contributed by atoms with Crippen LogP contribution in [-0.2, 0) is 25.5 Å². The molecule has 2 aromatic rings. The van der Waals surface area contributed by atoms with Gasteiger partial charge in [-0.05, 0) is 36.3 Å². The molecule has 0 saturated heterocycles. The van der Waals surface area contributed by atoms with Gasteiger partial charge in [-0.2, -0.15) is 0 Å². The first-order chi connectivity index (χ1) is 12.5. The molecule has 1 aromatic heterocycles. The molecule has 2 bridgehead atoms. The number of esters is 2. The summed E-state index contributed by atoms with van der Waals surface area (Å²) in [6, 6.07) is 7.86. The van der Waals surface area contributed by atoms with E-state index in [0.717, 1.165) is 35.9 Å². The van der Waals surface area contributed by atoms with Gasteiger partial charge in [0.25, 0.3) is 0 Å². The van der Waals surface area contributed by atoms with E-state index in [4.69, 9.17) is 9.47 Å². The van der Waals surface area contributed by atoms with Crippen molar-refractivity contribution in [2.75, 3.05) is 14.2 Å². The zero-order valence-corrected chi connectivity index (χ0v) is 14.9. The fraction of sp³-hybridized carbons (Fsp3) is 0.500. The molecule has 1 aliphatic heterocycles. The molecule has 1 aromatic carbocycles. The third kappa shape index (κ3) is 1.85. The maximum atomic E-state index is 12.3. The molecule has 26 heavy (non-hydrogen) atoms. The molecule has 6 nitrogen and oxygen atoms in total. The molecular formula is C20H22N2O4. The van der Waals surface area contributed by atoms with Gasteiger partial charge in [0.1, 0.15) is 6.04 Å². The Morgan fingerprint density at radius 1 is 1.12 bits per heavy atom. The Morgan fingerprint density at radius 3 is 2.54 bits per heavy atom. The number of ether oxygens (including phenoxy) is 2. The van der Waals surface area contributed by atoms with Crippen molar-refractivity contribution < 1.29 is 19.1 Å². The van der Waals surface area contributed by atoms with E-state index in [0.29, 0.717) is 6.42 Å². The third-order valence-electron chi connectivity index (χ3n) is 6.70. The SMILES string of the molecule is COC(=O)[C@H]1Cc2c([nH]c3ccccc23)[C@H](C23CC(C(=O)OC)(C2)C3)N1. The standard InChI is InChI=1S/C20H22N2O4/c1-25-17(23)14-7-12-11-5-3-4-6-13(11)21-15(12)16(22-14)19-8-20(9-19,10-19)18(24)26-2/h3-6,14,16,21-22H,7-10H2,1-2H3/t14-,16-,19?,20?/m1/s1. The number of carbonyl (C=O) groups excluding carboxylic acids is 2. The summed E-state index contributed by atoms with van der Waals surface area (Å²) in [6.45, 7) is 0. The summed E-state index contributed by atoms with van der Waals surface area (Å²) in [7, 11) is 2.88. The van der Waals surface area contributed by atoms with Crippen molar-refractivity contribution in [2.45, 2.75) is 37.8 Å². The van der Waals surface area contributed by atoms with E-state index in [1.165, 1.54) is 19.8 Å². The van der Waals surface area contributed by atoms with Crippen LogP contribution in [0.4, 0.5) is 0 Å². The lowest BCUT2D eigenvalue weighted by atomic mass is 9.32. The molecule has 2 atom stereocenters. The van der Waals surface area contributed by atoms with E-state index in [-0.39, 0.29) is 34.9 Å². The molecule has 0 radical (unpaired) electrons. The molecule has 3 saturated carbocycles. The molecule has 3 aliphatic carbocycles. The number of para-hydroxylation sites is 1. The molecular weight excluding hydrogens is 332 g/mol. The van der Waals surface area contributed by atoms with Gasteiger partial charge in [0.2, 0.25) is 0 Å². The Morgan fingerprint density at radius 2 is 1.85 bits per heavy atom. The highest BCUT2D eigenvalue weighted by atomic mass is 16.5. The molecule has 2 heterocycles. The molecule has 0 unspecified atom stereocenters. The number of hydrogen-bond donors (Lipinski definition) is 2. The molecule has 6 heteroatoms. The average molecular weight is 354 g/mol. The predicted octanol–water partition coefficient (Wildman–Crippen LogP) is 2.24. The van der Waals surface area contributed by atoms with E-state index in [1.807, 2.05) is 12.1 Å². The predicted molar refractivity (Wildman–Crippen MR) is 94.4 cm³/mol. The number of aromatic nitrogens is 1. The third-order valence-corrected chi connectivity index (χ3v) is 6.70. The maximum absolute atomic E-state index is 12.3. The molecule has 6 rings (SSSR count). The van der Waals surface area contributed by atoms with Crippen LogP contribution in [0.5, 0.6) is 0 Å². The van der Waals surface area contributed by atoms with Crippen molar-refractivity contribution in [2.24, 2.45) is 10.8 Å². The van der Waals surface area contributed by atoms with E-state index >= 15 is 0 Å². The van der Waals surface area contributed by atoms with Crippen molar-refractivity contribution in [3.63, 3.8) is 0 Å². The van der Waals surface area contributed by atoms with Crippen molar-refractivity contribution >= 4 is 22.8 Å². The highest BCUT2D eigenvalue weighted by Crippen LogP contribution is 2.78. The fourth-order valence-electron chi connectivity index (χ4n) is 5.62. The lowest BCUT2D eigenvalue weighted by molar-refractivity contribution is -0.238. The van der Waals surface area contributed by atoms with Crippen molar-refractivity contribution in [3.8, 4) is 0 Å². The number of H-pyrrole nitrogens is 1. The molecule has 0 amide bonds. The smallest absolute Gasteiger partial charge is 0.323 e. The first kappa shape index (κ1) is 15.9. The number of benzene rings is 1. The van der Waals surface area contributed by atoms with E-state index in [2.05, 4.69) is 22.4 Å². The van der Waals surface area contributed by atoms with E-state index in [9.17, 15) is 9.59 Å². The number of fused-ring (bicyclic) bond motifs is 3. The molecule has 2 N–H and O–H groups in total. The van der Waals surface area contributed by atoms with Gasteiger partial charge >= 0.3 is 11.9 Å². The minimum absolute atomic E-state index is 0.0104. The van der Waals surface area contributed by atoms with Crippen LogP contribution < -0.4 is 5.32 Å². The van der Waals surface area contributed by atoms with Crippen molar-refractivity contribution in [1.29, 1.82) is 0 Å². The summed E-state index contributed by atoms with van der Waals surface area (Å²) in [5.41, 5.74) is 3.14. The minimum Gasteiger partial charge on any atom is -0.469 e. The van der Waals surface area contributed by atoms with Crippen LogP contribution in [0.2, 0.25) is 0 Å². The summed E-state index contributed by atoms with van der Waals surface area (Å²) >= 11 is 0. The van der Waals surface area contributed by atoms with E-state index < -0.39 is 0 Å². The first-order valence-corrected chi connectivity index (χ1v) is 9.04. The minimum atomic E-state index is -0.361. The van der Waals surface area contributed by atoms with Crippen LogP contribution in [0.3, 0.4) is 0 Å². The summed E-state index contributed by atoms with van der Waals surface area (Å²) in [5.74, 6) is -0.336. The van der Waals surface area contributed by atoms with Crippen molar-refractivity contribution in [1.82, 2.24) is 10.3 Å². The summed E-state index contributed by atoms with van der Waals surface area (Å²) < 4.78 is 9.99. The van der Waals surface area contributed by atoms with Crippen LogP contribution in [0.25, 0.3) is 10.9 Å². The van der Waals surface area contributed by atoms with E-state index in [1.54, 1.807) is 0 Å². The monoisotopic (exact) mass is 354 g/mol. The summed E-state index contributed by atoms with van der Waals surface area (Å²) in [5, 5.41) is 4.68. The second kappa shape index (κ2) is 5.10. The van der Waals surface area contributed by atoms with Gasteiger partial charge in [0, 0.05) is 23.0 Å². The zero-order valence-electron chi connectivity index (χ0n) is 14.9. The van der Waals surface area contributed by atoms with Gasteiger partial charge in [0.05, 0.1) is 25.7 Å². The Labute approximate surface area is 151 Å². The normalized spacial score (nSPS) is 34.4. The second-order valence-electron chi connectivity index (χ2n) is 8.11. The lowest BCUT2D eigenvalue weighted by Gasteiger charge is -2.71. The summed E-state index contributed by atoms with van der Waals surface area (Å²) in [6.07, 6.45) is 3.05. The number of methoxy groups -OCH3 is 2. The number of aromatic amines is 1. The number of nitrogens with one attached hydrogen (secondary N) is 2. The Bertz CT molecular complexity index is 911. The van der Waals surface area contributed by atoms with Gasteiger partial charge in [-0.25, -0.2) is 0 Å². The Hall–Kier alpha value is -2.34. The van der Waals surface area contributed by atoms with Gasteiger partial charge in [-0.15, -0.1) is 0 Å². The molecule has 0 spiro atoms. The fourth-order valence-corrected chi connectivity index (χ4v) is 5.62. The first-order valence-electron chi connectivity index (χ1n) is 9.04. The molecule has 136 valence electrons. The van der Waals surface area contributed by atoms with Gasteiger partial charge in [0.15, 0.2) is 0 Å². The van der Waals surface area contributed by atoms with Gasteiger partial charge in [-0.3, -0.25) is 14.9 Å². The zero-order chi connectivity index (χ0) is 18.1. The number of carbonyl (C=O) groups is 2. The van der Waals surface area contributed by atoms with Crippen LogP contribution in [0.15, 0.2) is 24.3 Å². The van der Waals surface area contributed by atoms with Gasteiger partial charge in [-0.1, -0.05) is 18.2 Å². The van der Waals surface area contributed by atoms with Crippen LogP contribution in [0, 0.1) is 10.8 Å². The Balaban J connectivity index is 1.54. The number of rotatable bonds is 3. The highest BCUT2D eigenvalue weighted by molar-refractivity contribution is 5.87. The Kier molecular flexibility index (Phi) is 3.11.